The first-order valence-corrected chi connectivity index (χ1v) is 9.32. The summed E-state index contributed by atoms with van der Waals surface area (Å²) in [5, 5.41) is 6.49. The number of guanidine groups is 1. The third-order valence-corrected chi connectivity index (χ3v) is 4.38. The van der Waals surface area contributed by atoms with Crippen molar-refractivity contribution in [1.29, 1.82) is 0 Å². The minimum Gasteiger partial charge on any atom is -0.468 e. The number of alkyl halides is 3. The van der Waals surface area contributed by atoms with E-state index in [4.69, 9.17) is 4.74 Å². The lowest BCUT2D eigenvalue weighted by Gasteiger charge is -2.24. The van der Waals surface area contributed by atoms with Crippen LogP contribution in [0.1, 0.15) is 32.3 Å². The molecule has 0 aliphatic carbocycles. The number of aliphatic imine (C=N–C) groups is 1. The van der Waals surface area contributed by atoms with Gasteiger partial charge in [0.05, 0.1) is 6.54 Å². The van der Waals surface area contributed by atoms with E-state index in [0.717, 1.165) is 26.1 Å². The monoisotopic (exact) mass is 515 g/mol. The molecule has 160 valence electrons. The van der Waals surface area contributed by atoms with Gasteiger partial charge in [0.15, 0.2) is 12.6 Å². The van der Waals surface area contributed by atoms with Crippen molar-refractivity contribution in [3.05, 3.63) is 23.9 Å². The third kappa shape index (κ3) is 8.38. The Hall–Kier alpha value is -1.30. The summed E-state index contributed by atoms with van der Waals surface area (Å²) >= 11 is 0. The van der Waals surface area contributed by atoms with Crippen LogP contribution < -0.4 is 15.4 Å². The van der Waals surface area contributed by atoms with Crippen molar-refractivity contribution in [3.63, 3.8) is 0 Å². The second-order valence-electron chi connectivity index (χ2n) is 6.37. The van der Waals surface area contributed by atoms with Gasteiger partial charge in [-0.3, -0.25) is 4.90 Å². The number of ether oxygens (including phenoxy) is 1. The van der Waals surface area contributed by atoms with Gasteiger partial charge in [-0.15, -0.1) is 24.0 Å². The Bertz CT molecular complexity index is 615. The van der Waals surface area contributed by atoms with Gasteiger partial charge in [0.2, 0.25) is 5.88 Å². The predicted octanol–water partition coefficient (Wildman–Crippen LogP) is 3.18. The zero-order valence-corrected chi connectivity index (χ0v) is 18.6. The molecule has 10 heteroatoms. The topological polar surface area (TPSA) is 61.8 Å². The SMILES string of the molecule is CCNC(=NCc1cccnc1OCC(F)(F)F)NCC1CCCN1CC.I. The normalized spacial score (nSPS) is 17.9. The number of nitrogens with one attached hydrogen (secondary N) is 2. The average molecular weight is 515 g/mol. The Labute approximate surface area is 181 Å². The summed E-state index contributed by atoms with van der Waals surface area (Å²) in [5.41, 5.74) is 0.509. The van der Waals surface area contributed by atoms with Crippen molar-refractivity contribution in [2.75, 3.05) is 32.8 Å². The lowest BCUT2D eigenvalue weighted by Crippen LogP contribution is -2.44. The fourth-order valence-corrected chi connectivity index (χ4v) is 3.09. The second-order valence-corrected chi connectivity index (χ2v) is 6.37. The molecule has 0 saturated carbocycles. The van der Waals surface area contributed by atoms with E-state index in [2.05, 4.69) is 32.4 Å². The van der Waals surface area contributed by atoms with Crippen LogP contribution in [0.5, 0.6) is 5.88 Å². The maximum Gasteiger partial charge on any atom is 0.422 e. The van der Waals surface area contributed by atoms with Crippen molar-refractivity contribution < 1.29 is 17.9 Å². The van der Waals surface area contributed by atoms with Crippen molar-refractivity contribution in [1.82, 2.24) is 20.5 Å². The van der Waals surface area contributed by atoms with Gasteiger partial charge in [-0.05, 0) is 38.9 Å². The lowest BCUT2D eigenvalue weighted by molar-refractivity contribution is -0.154. The molecule has 0 bridgehead atoms. The molecular weight excluding hydrogens is 486 g/mol. The molecule has 1 aliphatic heterocycles. The highest BCUT2D eigenvalue weighted by Gasteiger charge is 2.29. The smallest absolute Gasteiger partial charge is 0.422 e. The maximum atomic E-state index is 12.4. The summed E-state index contributed by atoms with van der Waals surface area (Å²) in [6, 6.07) is 3.80. The Morgan fingerprint density at radius 2 is 2.14 bits per heavy atom. The number of hydrogen-bond donors (Lipinski definition) is 2. The quantitative estimate of drug-likeness (QED) is 0.317. The standard InChI is InChI=1S/C18H28F3N5O.HI/c1-3-22-17(25-12-15-8-6-10-26(15)4-2)24-11-14-7-5-9-23-16(14)27-13-18(19,20)21;/h5,7,9,15H,3-4,6,8,10-13H2,1-2H3,(H2,22,24,25);1H. The van der Waals surface area contributed by atoms with E-state index < -0.39 is 12.8 Å². The van der Waals surface area contributed by atoms with Crippen LogP contribution in [-0.4, -0.2) is 60.8 Å². The zero-order valence-electron chi connectivity index (χ0n) is 16.3. The highest BCUT2D eigenvalue weighted by Crippen LogP contribution is 2.20. The Morgan fingerprint density at radius 1 is 1.36 bits per heavy atom. The van der Waals surface area contributed by atoms with Gasteiger partial charge in [0, 0.05) is 30.9 Å². The van der Waals surface area contributed by atoms with Gasteiger partial charge in [-0.25, -0.2) is 9.98 Å². The van der Waals surface area contributed by atoms with Crippen LogP contribution in [0.25, 0.3) is 0 Å². The van der Waals surface area contributed by atoms with E-state index >= 15 is 0 Å². The van der Waals surface area contributed by atoms with Crippen molar-refractivity contribution in [2.45, 2.75) is 45.5 Å². The minimum absolute atomic E-state index is 0. The summed E-state index contributed by atoms with van der Waals surface area (Å²) in [5.74, 6) is 0.591. The summed E-state index contributed by atoms with van der Waals surface area (Å²) in [7, 11) is 0. The maximum absolute atomic E-state index is 12.4. The summed E-state index contributed by atoms with van der Waals surface area (Å²) < 4.78 is 42.0. The van der Waals surface area contributed by atoms with Gasteiger partial charge in [-0.1, -0.05) is 13.0 Å². The fraction of sp³-hybridized carbons (Fsp3) is 0.667. The van der Waals surface area contributed by atoms with Gasteiger partial charge < -0.3 is 15.4 Å². The van der Waals surface area contributed by atoms with Gasteiger partial charge in [0.1, 0.15) is 0 Å². The first-order chi connectivity index (χ1) is 12.9. The highest BCUT2D eigenvalue weighted by atomic mass is 127. The molecule has 1 unspecified atom stereocenters. The van der Waals surface area contributed by atoms with E-state index in [1.54, 1.807) is 12.1 Å². The molecule has 1 aromatic rings. The Balaban J connectivity index is 0.00000392. The number of likely N-dealkylation sites (tertiary alicyclic amines) is 1. The summed E-state index contributed by atoms with van der Waals surface area (Å²) in [4.78, 5) is 10.8. The number of rotatable bonds is 8. The van der Waals surface area contributed by atoms with E-state index in [9.17, 15) is 13.2 Å². The number of hydrogen-bond acceptors (Lipinski definition) is 4. The van der Waals surface area contributed by atoms with E-state index in [0.29, 0.717) is 24.1 Å². The molecule has 1 aromatic heterocycles. The number of halogens is 4. The molecule has 2 heterocycles. The van der Waals surface area contributed by atoms with Crippen LogP contribution in [0.3, 0.4) is 0 Å². The van der Waals surface area contributed by atoms with E-state index in [1.807, 2.05) is 6.92 Å². The van der Waals surface area contributed by atoms with E-state index in [-0.39, 0.29) is 36.4 Å². The molecule has 2 rings (SSSR count). The number of aromatic nitrogens is 1. The van der Waals surface area contributed by atoms with Gasteiger partial charge in [0.25, 0.3) is 0 Å². The molecule has 2 N–H and O–H groups in total. The second kappa shape index (κ2) is 12.3. The molecule has 6 nitrogen and oxygen atoms in total. The van der Waals surface area contributed by atoms with Crippen molar-refractivity contribution in [2.24, 2.45) is 4.99 Å². The van der Waals surface area contributed by atoms with Gasteiger partial charge in [-0.2, -0.15) is 13.2 Å². The van der Waals surface area contributed by atoms with Crippen LogP contribution >= 0.6 is 24.0 Å². The summed E-state index contributed by atoms with van der Waals surface area (Å²) in [6.45, 7) is 6.55. The molecular formula is C18H29F3IN5O. The molecule has 0 radical (unpaired) electrons. The molecule has 0 amide bonds. The van der Waals surface area contributed by atoms with Crippen LogP contribution in [0.4, 0.5) is 13.2 Å². The largest absolute Gasteiger partial charge is 0.468 e. The molecule has 1 atom stereocenters. The third-order valence-electron chi connectivity index (χ3n) is 4.38. The molecule has 1 aliphatic rings. The molecule has 1 fully saturated rings. The first-order valence-electron chi connectivity index (χ1n) is 9.32. The zero-order chi connectivity index (χ0) is 19.7. The molecule has 0 aromatic carbocycles. The average Bonchev–Trinajstić information content (AvgIpc) is 3.10. The van der Waals surface area contributed by atoms with Crippen LogP contribution in [-0.2, 0) is 6.54 Å². The Morgan fingerprint density at radius 3 is 2.82 bits per heavy atom. The number of nitrogens with zero attached hydrogens (tertiary/aromatic N) is 3. The van der Waals surface area contributed by atoms with Crippen LogP contribution in [0.2, 0.25) is 0 Å². The van der Waals surface area contributed by atoms with E-state index in [1.165, 1.54) is 12.6 Å². The Kier molecular flexibility index (Phi) is 10.9. The van der Waals surface area contributed by atoms with Crippen LogP contribution in [0, 0.1) is 0 Å². The highest BCUT2D eigenvalue weighted by molar-refractivity contribution is 14.0. The fourth-order valence-electron chi connectivity index (χ4n) is 3.09. The molecule has 1 saturated heterocycles. The van der Waals surface area contributed by atoms with Crippen molar-refractivity contribution >= 4 is 29.9 Å². The molecule has 28 heavy (non-hydrogen) atoms. The number of likely N-dealkylation sites (N-methyl/N-ethyl adjacent to an activating group) is 1. The first kappa shape index (κ1) is 24.7. The van der Waals surface area contributed by atoms with Crippen LogP contribution in [0.15, 0.2) is 23.3 Å². The lowest BCUT2D eigenvalue weighted by atomic mass is 10.2. The van der Waals surface area contributed by atoms with Gasteiger partial charge >= 0.3 is 6.18 Å². The predicted molar refractivity (Wildman–Crippen MR) is 114 cm³/mol. The summed E-state index contributed by atoms with van der Waals surface area (Å²) in [6.07, 6.45) is -0.648. The minimum atomic E-state index is -4.40. The van der Waals surface area contributed by atoms with Crippen molar-refractivity contribution in [3.8, 4) is 5.88 Å². The molecule has 0 spiro atoms. The number of pyridine rings is 1.